The maximum absolute atomic E-state index is 6.73. The normalized spacial score (nSPS) is 12.9. The molecule has 0 saturated heterocycles. The molecule has 0 radical (unpaired) electrons. The third-order valence-corrected chi connectivity index (χ3v) is 10.9. The van der Waals surface area contributed by atoms with Crippen molar-refractivity contribution in [1.29, 1.82) is 0 Å². The minimum absolute atomic E-state index is 0.594. The number of ether oxygens (including phenoxy) is 1. The lowest BCUT2D eigenvalue weighted by atomic mass is 9.64. The lowest BCUT2D eigenvalue weighted by Gasteiger charge is -2.40. The largest absolute Gasteiger partial charge is 0.457 e. The predicted molar refractivity (Wildman–Crippen MR) is 220 cm³/mol. The molecule has 1 spiro atoms. The van der Waals surface area contributed by atoms with E-state index in [0.29, 0.717) is 17.5 Å². The van der Waals surface area contributed by atoms with Crippen LogP contribution in [0.2, 0.25) is 0 Å². The average molecular weight is 718 g/mol. The summed E-state index contributed by atoms with van der Waals surface area (Å²) in [5.41, 5.74) is 12.0. The van der Waals surface area contributed by atoms with Gasteiger partial charge < -0.3 is 4.74 Å². The number of nitrogens with zero attached hydrogens (tertiary/aromatic N) is 5. The van der Waals surface area contributed by atoms with Crippen LogP contribution in [0.25, 0.3) is 67.8 Å². The van der Waals surface area contributed by atoms with Crippen LogP contribution in [0.1, 0.15) is 22.3 Å². The third kappa shape index (κ3) is 4.86. The van der Waals surface area contributed by atoms with Crippen molar-refractivity contribution in [2.45, 2.75) is 5.41 Å². The van der Waals surface area contributed by atoms with Crippen molar-refractivity contribution in [2.75, 3.05) is 0 Å². The van der Waals surface area contributed by atoms with Crippen LogP contribution in [0, 0.1) is 0 Å². The van der Waals surface area contributed by atoms with Gasteiger partial charge in [-0.1, -0.05) is 164 Å². The first-order valence-electron chi connectivity index (χ1n) is 18.7. The molecule has 0 bridgehead atoms. The zero-order valence-corrected chi connectivity index (χ0v) is 30.0. The fourth-order valence-electron chi connectivity index (χ4n) is 8.59. The highest BCUT2D eigenvalue weighted by molar-refractivity contribution is 5.97. The Morgan fingerprint density at radius 2 is 0.750 bits per heavy atom. The van der Waals surface area contributed by atoms with Crippen LogP contribution in [-0.2, 0) is 5.41 Å². The molecular weight excluding hydrogens is 687 g/mol. The molecule has 0 saturated carbocycles. The van der Waals surface area contributed by atoms with E-state index in [2.05, 4.69) is 97.1 Å². The Kier molecular flexibility index (Phi) is 7.29. The van der Waals surface area contributed by atoms with E-state index in [0.717, 1.165) is 84.1 Å². The van der Waals surface area contributed by atoms with E-state index < -0.39 is 5.41 Å². The van der Waals surface area contributed by atoms with E-state index in [1.54, 1.807) is 0 Å². The van der Waals surface area contributed by atoms with Crippen LogP contribution < -0.4 is 4.74 Å². The Morgan fingerprint density at radius 3 is 1.30 bits per heavy atom. The number of para-hydroxylation sites is 2. The maximum atomic E-state index is 6.73. The molecule has 56 heavy (non-hydrogen) atoms. The van der Waals surface area contributed by atoms with Gasteiger partial charge in [0.25, 0.3) is 0 Å². The Bertz CT molecular complexity index is 2830. The van der Waals surface area contributed by atoms with Crippen molar-refractivity contribution in [2.24, 2.45) is 0 Å². The Labute approximate surface area is 323 Å². The highest BCUT2D eigenvalue weighted by Crippen LogP contribution is 2.65. The third-order valence-electron chi connectivity index (χ3n) is 10.9. The van der Waals surface area contributed by atoms with E-state index in [-0.39, 0.29) is 0 Å². The second-order valence-corrected chi connectivity index (χ2v) is 14.0. The fourth-order valence-corrected chi connectivity index (χ4v) is 8.59. The number of rotatable bonds is 5. The fraction of sp³-hybridized carbons (Fsp3) is 0.0200. The van der Waals surface area contributed by atoms with Gasteiger partial charge in [0.1, 0.15) is 11.5 Å². The summed E-state index contributed by atoms with van der Waals surface area (Å²) >= 11 is 0. The maximum Gasteiger partial charge on any atom is 0.164 e. The smallest absolute Gasteiger partial charge is 0.164 e. The SMILES string of the molecule is c1ccc(-c2ccc(-c3cccc4c3C3(c5ccccc5Oc5ccccc53)c3c(-c5nc(-c6ccccc6)nc(-c6ccccc6)n5)cccc3-4)nn2)cc1. The van der Waals surface area contributed by atoms with Crippen molar-refractivity contribution in [3.05, 3.63) is 210 Å². The van der Waals surface area contributed by atoms with Crippen LogP contribution in [0.5, 0.6) is 11.5 Å². The average Bonchev–Trinajstić information content (AvgIpc) is 3.58. The molecule has 0 N–H and O–H groups in total. The second-order valence-electron chi connectivity index (χ2n) is 14.0. The van der Waals surface area contributed by atoms with E-state index >= 15 is 0 Å². The van der Waals surface area contributed by atoms with Crippen molar-refractivity contribution >= 4 is 0 Å². The first kappa shape index (κ1) is 31.9. The molecule has 0 fully saturated rings. The van der Waals surface area contributed by atoms with E-state index in [9.17, 15) is 0 Å². The molecule has 0 amide bonds. The molecule has 6 heteroatoms. The zero-order chi connectivity index (χ0) is 37.1. The number of fused-ring (bicyclic) bond motifs is 9. The van der Waals surface area contributed by atoms with Crippen molar-refractivity contribution < 1.29 is 4.74 Å². The summed E-state index contributed by atoms with van der Waals surface area (Å²) in [6, 6.07) is 64.3. The van der Waals surface area contributed by atoms with Crippen LogP contribution in [0.4, 0.5) is 0 Å². The van der Waals surface area contributed by atoms with Crippen LogP contribution in [0.15, 0.2) is 188 Å². The summed E-state index contributed by atoms with van der Waals surface area (Å²) in [5.74, 6) is 3.41. The standard InChI is InChI=1S/C50H31N5O/c1-4-16-32(17-5-1)41-30-31-42(55-54-41)37-24-14-22-35-36-23-15-25-38(49-52-47(33-18-6-2-7-19-33)51-48(53-49)34-20-8-3-9-21-34)46(36)50(45(35)37)39-26-10-12-28-43(39)56-44-29-13-11-27-40(44)50/h1-31H. The van der Waals surface area contributed by atoms with Crippen molar-refractivity contribution in [3.8, 4) is 79.3 Å². The lowest BCUT2D eigenvalue weighted by molar-refractivity contribution is 0.436. The molecule has 0 unspecified atom stereocenters. The number of benzene rings is 7. The summed E-state index contributed by atoms with van der Waals surface area (Å²) < 4.78 is 6.73. The zero-order valence-electron chi connectivity index (χ0n) is 30.0. The van der Waals surface area contributed by atoms with Gasteiger partial charge >= 0.3 is 0 Å². The topological polar surface area (TPSA) is 73.7 Å². The summed E-state index contributed by atoms with van der Waals surface area (Å²) in [5, 5.41) is 9.67. The van der Waals surface area contributed by atoms with Gasteiger partial charge in [-0.2, -0.15) is 0 Å². The molecule has 6 nitrogen and oxygen atoms in total. The Hall–Kier alpha value is -7.57. The quantitative estimate of drug-likeness (QED) is 0.176. The highest BCUT2D eigenvalue weighted by atomic mass is 16.5. The highest BCUT2D eigenvalue weighted by Gasteiger charge is 2.53. The molecular formula is C50H31N5O. The van der Waals surface area contributed by atoms with Gasteiger partial charge in [0, 0.05) is 38.9 Å². The molecule has 9 aromatic rings. The molecule has 3 heterocycles. The summed E-state index contributed by atoms with van der Waals surface area (Å²) in [7, 11) is 0. The summed E-state index contributed by atoms with van der Waals surface area (Å²) in [6.45, 7) is 0. The molecule has 11 rings (SSSR count). The Balaban J connectivity index is 1.23. The molecule has 1 aliphatic carbocycles. The minimum atomic E-state index is -0.838. The van der Waals surface area contributed by atoms with Gasteiger partial charge in [0.05, 0.1) is 16.8 Å². The molecule has 262 valence electrons. The van der Waals surface area contributed by atoms with E-state index in [4.69, 9.17) is 29.9 Å². The predicted octanol–water partition coefficient (Wildman–Crippen LogP) is 11.5. The van der Waals surface area contributed by atoms with Crippen LogP contribution in [-0.4, -0.2) is 25.1 Å². The van der Waals surface area contributed by atoms with Gasteiger partial charge in [0.2, 0.25) is 0 Å². The first-order valence-corrected chi connectivity index (χ1v) is 18.7. The number of hydrogen-bond acceptors (Lipinski definition) is 6. The van der Waals surface area contributed by atoms with Gasteiger partial charge in [-0.3, -0.25) is 0 Å². The molecule has 7 aromatic carbocycles. The monoisotopic (exact) mass is 717 g/mol. The number of hydrogen-bond donors (Lipinski definition) is 0. The molecule has 2 aliphatic rings. The second kappa shape index (κ2) is 12.8. The summed E-state index contributed by atoms with van der Waals surface area (Å²) in [4.78, 5) is 15.6. The van der Waals surface area contributed by atoms with Gasteiger partial charge in [-0.05, 0) is 46.5 Å². The molecule has 1 aliphatic heterocycles. The minimum Gasteiger partial charge on any atom is -0.457 e. The van der Waals surface area contributed by atoms with Crippen molar-refractivity contribution in [1.82, 2.24) is 25.1 Å². The molecule has 0 atom stereocenters. The van der Waals surface area contributed by atoms with Gasteiger partial charge in [-0.15, -0.1) is 10.2 Å². The molecule has 2 aromatic heterocycles. The van der Waals surface area contributed by atoms with Crippen LogP contribution in [0.3, 0.4) is 0 Å². The lowest BCUT2D eigenvalue weighted by Crippen LogP contribution is -2.33. The van der Waals surface area contributed by atoms with Crippen LogP contribution >= 0.6 is 0 Å². The number of aromatic nitrogens is 5. The van der Waals surface area contributed by atoms with E-state index in [1.165, 1.54) is 0 Å². The summed E-state index contributed by atoms with van der Waals surface area (Å²) in [6.07, 6.45) is 0. The van der Waals surface area contributed by atoms with Gasteiger partial charge in [-0.25, -0.2) is 15.0 Å². The van der Waals surface area contributed by atoms with Gasteiger partial charge in [0.15, 0.2) is 17.5 Å². The Morgan fingerprint density at radius 1 is 0.321 bits per heavy atom. The first-order chi connectivity index (χ1) is 27.8. The van der Waals surface area contributed by atoms with E-state index in [1.807, 2.05) is 91.0 Å². The van der Waals surface area contributed by atoms with Crippen molar-refractivity contribution in [3.63, 3.8) is 0 Å².